The summed E-state index contributed by atoms with van der Waals surface area (Å²) in [4.78, 5) is 27.4. The van der Waals surface area contributed by atoms with E-state index < -0.39 is 0 Å². The number of hydrogen-bond acceptors (Lipinski definition) is 4. The fourth-order valence-electron chi connectivity index (χ4n) is 4.64. The normalized spacial score (nSPS) is 16.9. The SMILES string of the molecule is Cc1cccc(C2CCN(CCC(=O)c3ccc4cc5occc(=O)c5cc4c3)C2)c1. The van der Waals surface area contributed by atoms with Crippen molar-refractivity contribution in [1.82, 2.24) is 4.90 Å². The number of ketones is 1. The van der Waals surface area contributed by atoms with Crippen LogP contribution in [0.1, 0.15) is 40.2 Å². The van der Waals surface area contributed by atoms with Crippen LogP contribution in [0.3, 0.4) is 0 Å². The molecular weight excluding hydrogens is 386 g/mol. The van der Waals surface area contributed by atoms with E-state index in [9.17, 15) is 9.59 Å². The van der Waals surface area contributed by atoms with Gasteiger partial charge < -0.3 is 9.32 Å². The number of Topliss-reactive ketones (excluding diaryl/α,β-unsaturated/α-hetero) is 1. The molecular formula is C27H25NO3. The summed E-state index contributed by atoms with van der Waals surface area (Å²) in [6.45, 7) is 4.95. The van der Waals surface area contributed by atoms with Gasteiger partial charge in [-0.25, -0.2) is 0 Å². The molecule has 0 N–H and O–H groups in total. The zero-order chi connectivity index (χ0) is 21.4. The zero-order valence-corrected chi connectivity index (χ0v) is 17.6. The summed E-state index contributed by atoms with van der Waals surface area (Å²) in [7, 11) is 0. The maximum absolute atomic E-state index is 12.9. The highest BCUT2D eigenvalue weighted by atomic mass is 16.3. The molecule has 1 fully saturated rings. The summed E-state index contributed by atoms with van der Waals surface area (Å²) in [6, 6.07) is 19.5. The molecule has 0 saturated carbocycles. The second-order valence-corrected chi connectivity index (χ2v) is 8.57. The summed E-state index contributed by atoms with van der Waals surface area (Å²) in [5, 5.41) is 2.38. The van der Waals surface area contributed by atoms with Crippen LogP contribution < -0.4 is 5.43 Å². The Morgan fingerprint density at radius 3 is 2.84 bits per heavy atom. The lowest BCUT2D eigenvalue weighted by atomic mass is 9.97. The summed E-state index contributed by atoms with van der Waals surface area (Å²) in [5.74, 6) is 0.691. The molecule has 0 aliphatic carbocycles. The lowest BCUT2D eigenvalue weighted by molar-refractivity contribution is 0.0969. The first kappa shape index (κ1) is 19.7. The van der Waals surface area contributed by atoms with Gasteiger partial charge in [-0.05, 0) is 60.3 Å². The molecule has 0 radical (unpaired) electrons. The third-order valence-corrected chi connectivity index (χ3v) is 6.38. The molecule has 0 amide bonds. The highest BCUT2D eigenvalue weighted by molar-refractivity contribution is 6.02. The van der Waals surface area contributed by atoms with Crippen molar-refractivity contribution in [3.63, 3.8) is 0 Å². The Balaban J connectivity index is 1.27. The molecule has 1 aromatic heterocycles. The summed E-state index contributed by atoms with van der Waals surface area (Å²) in [5.41, 5.74) is 3.89. The van der Waals surface area contributed by atoms with Crippen molar-refractivity contribution < 1.29 is 9.21 Å². The molecule has 1 atom stereocenters. The van der Waals surface area contributed by atoms with E-state index in [0.717, 1.165) is 36.8 Å². The van der Waals surface area contributed by atoms with E-state index in [1.54, 1.807) is 0 Å². The molecule has 2 heterocycles. The average Bonchev–Trinajstić information content (AvgIpc) is 3.25. The van der Waals surface area contributed by atoms with E-state index in [2.05, 4.69) is 36.1 Å². The number of fused-ring (bicyclic) bond motifs is 2. The Hall–Kier alpha value is -3.24. The van der Waals surface area contributed by atoms with Gasteiger partial charge in [-0.3, -0.25) is 9.59 Å². The molecule has 3 aromatic carbocycles. The van der Waals surface area contributed by atoms with Gasteiger partial charge in [0.05, 0.1) is 11.6 Å². The largest absolute Gasteiger partial charge is 0.464 e. The van der Waals surface area contributed by atoms with Gasteiger partial charge in [0.1, 0.15) is 5.58 Å². The van der Waals surface area contributed by atoms with Crippen molar-refractivity contribution in [2.75, 3.05) is 19.6 Å². The molecule has 31 heavy (non-hydrogen) atoms. The summed E-state index contributed by atoms with van der Waals surface area (Å²) in [6.07, 6.45) is 3.06. The van der Waals surface area contributed by atoms with E-state index in [-0.39, 0.29) is 11.2 Å². The van der Waals surface area contributed by atoms with E-state index >= 15 is 0 Å². The predicted octanol–water partition coefficient (Wildman–Crippen LogP) is 5.32. The molecule has 0 spiro atoms. The topological polar surface area (TPSA) is 50.5 Å². The van der Waals surface area contributed by atoms with Crippen LogP contribution >= 0.6 is 0 Å². The minimum Gasteiger partial charge on any atom is -0.464 e. The third kappa shape index (κ3) is 4.04. The van der Waals surface area contributed by atoms with Crippen molar-refractivity contribution in [1.29, 1.82) is 0 Å². The molecule has 0 bridgehead atoms. The van der Waals surface area contributed by atoms with Gasteiger partial charge in [-0.15, -0.1) is 0 Å². The van der Waals surface area contributed by atoms with Crippen molar-refractivity contribution in [3.8, 4) is 0 Å². The van der Waals surface area contributed by atoms with Crippen molar-refractivity contribution in [3.05, 3.63) is 93.8 Å². The highest BCUT2D eigenvalue weighted by Crippen LogP contribution is 2.28. The van der Waals surface area contributed by atoms with Gasteiger partial charge in [-0.2, -0.15) is 0 Å². The average molecular weight is 412 g/mol. The van der Waals surface area contributed by atoms with Crippen LogP contribution in [0.2, 0.25) is 0 Å². The summed E-state index contributed by atoms with van der Waals surface area (Å²) < 4.78 is 5.45. The molecule has 4 heteroatoms. The molecule has 1 aliphatic rings. The second-order valence-electron chi connectivity index (χ2n) is 8.57. The lowest BCUT2D eigenvalue weighted by Crippen LogP contribution is -2.23. The highest BCUT2D eigenvalue weighted by Gasteiger charge is 2.24. The molecule has 1 aliphatic heterocycles. The van der Waals surface area contributed by atoms with E-state index in [1.807, 2.05) is 30.3 Å². The van der Waals surface area contributed by atoms with Crippen LogP contribution in [0.15, 0.2) is 76.1 Å². The first-order valence-electron chi connectivity index (χ1n) is 10.8. The van der Waals surface area contributed by atoms with Gasteiger partial charge in [-0.1, -0.05) is 42.0 Å². The number of carbonyl (C=O) groups excluding carboxylic acids is 1. The van der Waals surface area contributed by atoms with E-state index in [1.165, 1.54) is 23.5 Å². The Labute approximate surface area is 181 Å². The van der Waals surface area contributed by atoms with Gasteiger partial charge in [0, 0.05) is 31.1 Å². The van der Waals surface area contributed by atoms with Crippen LogP contribution in [0.5, 0.6) is 0 Å². The van der Waals surface area contributed by atoms with E-state index in [4.69, 9.17) is 4.42 Å². The minimum absolute atomic E-state index is 0.0722. The predicted molar refractivity (Wildman–Crippen MR) is 124 cm³/mol. The lowest BCUT2D eigenvalue weighted by Gasteiger charge is -2.16. The Morgan fingerprint density at radius 2 is 1.97 bits per heavy atom. The smallest absolute Gasteiger partial charge is 0.192 e. The number of aryl methyl sites for hydroxylation is 1. The van der Waals surface area contributed by atoms with Gasteiger partial charge >= 0.3 is 0 Å². The first-order chi connectivity index (χ1) is 15.1. The second kappa shape index (κ2) is 8.12. The number of nitrogens with zero attached hydrogens (tertiary/aromatic N) is 1. The van der Waals surface area contributed by atoms with Crippen molar-refractivity contribution >= 4 is 27.5 Å². The van der Waals surface area contributed by atoms with Crippen LogP contribution in [-0.4, -0.2) is 30.3 Å². The van der Waals surface area contributed by atoms with Gasteiger partial charge in [0.2, 0.25) is 0 Å². The van der Waals surface area contributed by atoms with Gasteiger partial charge in [0.15, 0.2) is 11.2 Å². The minimum atomic E-state index is -0.0722. The zero-order valence-electron chi connectivity index (χ0n) is 17.6. The maximum atomic E-state index is 12.9. The fraction of sp³-hybridized carbons (Fsp3) is 0.259. The van der Waals surface area contributed by atoms with Crippen molar-refractivity contribution in [2.24, 2.45) is 0 Å². The Kier molecular flexibility index (Phi) is 5.16. The standard InChI is InChI=1S/C27H25NO3/c1-18-3-2-4-19(13-18)22-7-10-28(17-22)11-8-25(29)21-6-5-20-16-27-24(15-23(20)14-21)26(30)9-12-31-27/h2-6,9,12-16,22H,7-8,10-11,17H2,1H3. The molecule has 1 unspecified atom stereocenters. The van der Waals surface area contributed by atoms with Crippen molar-refractivity contribution in [2.45, 2.75) is 25.7 Å². The monoisotopic (exact) mass is 411 g/mol. The molecule has 5 rings (SSSR count). The summed E-state index contributed by atoms with van der Waals surface area (Å²) >= 11 is 0. The number of likely N-dealkylation sites (tertiary alicyclic amines) is 1. The number of rotatable bonds is 5. The number of hydrogen-bond donors (Lipinski definition) is 0. The fourth-order valence-corrected chi connectivity index (χ4v) is 4.64. The number of carbonyl (C=O) groups is 1. The third-order valence-electron chi connectivity index (χ3n) is 6.38. The van der Waals surface area contributed by atoms with Crippen LogP contribution in [0, 0.1) is 6.92 Å². The Bertz CT molecular complexity index is 1340. The Morgan fingerprint density at radius 1 is 1.06 bits per heavy atom. The van der Waals surface area contributed by atoms with Crippen LogP contribution in [0.25, 0.3) is 21.7 Å². The molecule has 4 nitrogen and oxygen atoms in total. The maximum Gasteiger partial charge on any atom is 0.192 e. The first-order valence-corrected chi connectivity index (χ1v) is 10.8. The number of benzene rings is 3. The van der Waals surface area contributed by atoms with Crippen LogP contribution in [0.4, 0.5) is 0 Å². The molecule has 1 saturated heterocycles. The molecule has 4 aromatic rings. The molecule has 156 valence electrons. The van der Waals surface area contributed by atoms with Crippen LogP contribution in [-0.2, 0) is 0 Å². The van der Waals surface area contributed by atoms with E-state index in [0.29, 0.717) is 28.9 Å². The quantitative estimate of drug-likeness (QED) is 0.330. The van der Waals surface area contributed by atoms with Gasteiger partial charge in [0.25, 0.3) is 0 Å².